The second kappa shape index (κ2) is 6.73. The zero-order chi connectivity index (χ0) is 19.1. The van der Waals surface area contributed by atoms with E-state index in [1.165, 1.54) is 13.2 Å². The Labute approximate surface area is 162 Å². The van der Waals surface area contributed by atoms with Crippen molar-refractivity contribution >= 4 is 27.7 Å². The number of aromatic nitrogens is 4. The van der Waals surface area contributed by atoms with Crippen LogP contribution in [0.3, 0.4) is 0 Å². The number of nitrogens with zero attached hydrogens (tertiary/aromatic N) is 4. The van der Waals surface area contributed by atoms with Gasteiger partial charge < -0.3 is 10.1 Å². The highest BCUT2D eigenvalue weighted by atomic mass is 79.9. The number of nitrogens with one attached hydrogen (secondary N) is 1. The highest BCUT2D eigenvalue weighted by Gasteiger charge is 2.33. The van der Waals surface area contributed by atoms with E-state index in [1.54, 1.807) is 28.9 Å². The van der Waals surface area contributed by atoms with Crippen molar-refractivity contribution < 1.29 is 13.9 Å². The number of carbonyl (C=O) groups is 1. The summed E-state index contributed by atoms with van der Waals surface area (Å²) in [5.41, 5.74) is 2.47. The van der Waals surface area contributed by atoms with Crippen LogP contribution in [0.15, 0.2) is 34.8 Å². The number of hydrogen-bond donors (Lipinski definition) is 1. The van der Waals surface area contributed by atoms with Crippen molar-refractivity contribution in [2.24, 2.45) is 0 Å². The molecule has 1 amide bonds. The molecular weight excluding hydrogens is 417 g/mol. The normalized spacial score (nSPS) is 16.0. The van der Waals surface area contributed by atoms with Gasteiger partial charge in [0.2, 0.25) is 11.8 Å². The van der Waals surface area contributed by atoms with Gasteiger partial charge in [-0.3, -0.25) is 4.79 Å². The van der Waals surface area contributed by atoms with Crippen LogP contribution in [0.5, 0.6) is 5.88 Å². The minimum absolute atomic E-state index is 0.143. The molecule has 0 bridgehead atoms. The number of aryl methyl sites for hydroxylation is 1. The smallest absolute Gasteiger partial charge is 0.233 e. The van der Waals surface area contributed by atoms with Crippen LogP contribution in [-0.4, -0.2) is 33.0 Å². The Morgan fingerprint density at radius 1 is 1.30 bits per heavy atom. The van der Waals surface area contributed by atoms with E-state index >= 15 is 0 Å². The summed E-state index contributed by atoms with van der Waals surface area (Å²) in [6.07, 6.45) is 0.256. The number of anilines is 1. The van der Waals surface area contributed by atoms with Gasteiger partial charge in [0.15, 0.2) is 5.82 Å². The first-order chi connectivity index (χ1) is 13.0. The molecule has 1 aromatic carbocycles. The molecule has 3 heterocycles. The summed E-state index contributed by atoms with van der Waals surface area (Å²) in [4.78, 5) is 12.4. The zero-order valence-corrected chi connectivity index (χ0v) is 16.1. The molecule has 3 aromatic rings. The van der Waals surface area contributed by atoms with E-state index in [1.807, 2.05) is 6.92 Å². The molecule has 0 spiro atoms. The van der Waals surface area contributed by atoms with Crippen LogP contribution in [0.4, 0.5) is 10.2 Å². The van der Waals surface area contributed by atoms with E-state index in [2.05, 4.69) is 36.5 Å². The predicted octanol–water partition coefficient (Wildman–Crippen LogP) is 3.36. The largest absolute Gasteiger partial charge is 0.480 e. The van der Waals surface area contributed by atoms with Crippen LogP contribution >= 0.6 is 15.9 Å². The number of ether oxygens (including phenoxy) is 1. The van der Waals surface area contributed by atoms with Crippen LogP contribution in [0.1, 0.15) is 29.2 Å². The Morgan fingerprint density at radius 2 is 2.11 bits per heavy atom. The molecule has 138 valence electrons. The van der Waals surface area contributed by atoms with E-state index in [4.69, 9.17) is 4.74 Å². The van der Waals surface area contributed by atoms with Crippen molar-refractivity contribution in [3.8, 4) is 11.7 Å². The van der Waals surface area contributed by atoms with Crippen LogP contribution < -0.4 is 10.1 Å². The van der Waals surface area contributed by atoms with Crippen molar-refractivity contribution in [3.05, 3.63) is 57.4 Å². The molecule has 1 atom stereocenters. The van der Waals surface area contributed by atoms with E-state index in [9.17, 15) is 9.18 Å². The quantitative estimate of drug-likeness (QED) is 0.687. The number of fused-ring (bicyclic) bond motifs is 1. The first-order valence-electron chi connectivity index (χ1n) is 8.20. The lowest BCUT2D eigenvalue weighted by atomic mass is 9.86. The third-order valence-corrected chi connectivity index (χ3v) is 5.11. The topological polar surface area (TPSA) is 81.9 Å². The minimum Gasteiger partial charge on any atom is -0.480 e. The van der Waals surface area contributed by atoms with Gasteiger partial charge in [0.05, 0.1) is 17.3 Å². The molecule has 0 saturated heterocycles. The van der Waals surface area contributed by atoms with Crippen molar-refractivity contribution in [2.75, 3.05) is 12.4 Å². The third kappa shape index (κ3) is 3.08. The highest BCUT2D eigenvalue weighted by molar-refractivity contribution is 9.10. The lowest BCUT2D eigenvalue weighted by Gasteiger charge is -2.24. The molecule has 9 heteroatoms. The Bertz CT molecular complexity index is 1030. The standard InChI is InChI=1S/C18H15BrFN5O2/c1-9-17-11(10-3-4-13(20)12(19)7-10)8-15(26)21-18(17)25(24-9)14-5-6-16(27-2)23-22-14/h3-7,11H,8H2,1-2H3,(H,21,26)/t11-/m0/s1. The van der Waals surface area contributed by atoms with Crippen molar-refractivity contribution in [1.29, 1.82) is 0 Å². The van der Waals surface area contributed by atoms with Gasteiger partial charge >= 0.3 is 0 Å². The molecule has 0 fully saturated rings. The number of methoxy groups -OCH3 is 1. The number of hydrogen-bond acceptors (Lipinski definition) is 5. The summed E-state index contributed by atoms with van der Waals surface area (Å²) < 4.78 is 20.6. The van der Waals surface area contributed by atoms with Gasteiger partial charge in [0.1, 0.15) is 11.6 Å². The van der Waals surface area contributed by atoms with Gasteiger partial charge in [0.25, 0.3) is 0 Å². The Kier molecular flexibility index (Phi) is 4.39. The molecule has 0 unspecified atom stereocenters. The number of carbonyl (C=O) groups excluding carboxylic acids is 1. The average Bonchev–Trinajstić information content (AvgIpc) is 3.00. The highest BCUT2D eigenvalue weighted by Crippen LogP contribution is 2.40. The SMILES string of the molecule is COc1ccc(-n2nc(C)c3c2NC(=O)C[C@H]3c2ccc(F)c(Br)c2)nn1. The Balaban J connectivity index is 1.83. The van der Waals surface area contributed by atoms with E-state index < -0.39 is 0 Å². The second-order valence-electron chi connectivity index (χ2n) is 6.17. The summed E-state index contributed by atoms with van der Waals surface area (Å²) in [6, 6.07) is 8.16. The lowest BCUT2D eigenvalue weighted by Crippen LogP contribution is -2.25. The molecular formula is C18H15BrFN5O2. The third-order valence-electron chi connectivity index (χ3n) is 4.50. The molecule has 2 aromatic heterocycles. The van der Waals surface area contributed by atoms with Crippen molar-refractivity contribution in [3.63, 3.8) is 0 Å². The predicted molar refractivity (Wildman–Crippen MR) is 99.6 cm³/mol. The number of halogens is 2. The second-order valence-corrected chi connectivity index (χ2v) is 7.03. The van der Waals surface area contributed by atoms with Gasteiger partial charge in [-0.2, -0.15) is 9.78 Å². The molecule has 0 saturated carbocycles. The van der Waals surface area contributed by atoms with Gasteiger partial charge in [-0.15, -0.1) is 10.2 Å². The molecule has 0 aliphatic carbocycles. The molecule has 0 radical (unpaired) electrons. The minimum atomic E-state index is -0.347. The van der Waals surface area contributed by atoms with Crippen LogP contribution in [0.2, 0.25) is 0 Å². The monoisotopic (exact) mass is 431 g/mol. The van der Waals surface area contributed by atoms with Gasteiger partial charge in [0, 0.05) is 24.0 Å². The fraction of sp³-hybridized carbons (Fsp3) is 0.222. The van der Waals surface area contributed by atoms with Gasteiger partial charge in [-0.1, -0.05) is 6.07 Å². The van der Waals surface area contributed by atoms with Crippen molar-refractivity contribution in [1.82, 2.24) is 20.0 Å². The van der Waals surface area contributed by atoms with Crippen LogP contribution in [0, 0.1) is 12.7 Å². The van der Waals surface area contributed by atoms with Crippen LogP contribution in [-0.2, 0) is 4.79 Å². The van der Waals surface area contributed by atoms with E-state index in [-0.39, 0.29) is 24.1 Å². The Hall–Kier alpha value is -2.81. The number of rotatable bonds is 3. The maximum Gasteiger partial charge on any atom is 0.233 e. The van der Waals surface area contributed by atoms with Gasteiger partial charge in [-0.25, -0.2) is 4.39 Å². The number of amides is 1. The maximum absolute atomic E-state index is 13.6. The van der Waals surface area contributed by atoms with Crippen molar-refractivity contribution in [2.45, 2.75) is 19.3 Å². The first-order valence-corrected chi connectivity index (χ1v) is 8.99. The molecule has 7 nitrogen and oxygen atoms in total. The average molecular weight is 432 g/mol. The molecule has 1 N–H and O–H groups in total. The molecule has 1 aliphatic rings. The zero-order valence-electron chi connectivity index (χ0n) is 14.5. The fourth-order valence-corrected chi connectivity index (χ4v) is 3.66. The molecule has 1 aliphatic heterocycles. The summed E-state index contributed by atoms with van der Waals surface area (Å²) >= 11 is 3.22. The summed E-state index contributed by atoms with van der Waals surface area (Å²) in [5.74, 6) is 0.672. The van der Waals surface area contributed by atoms with E-state index in [0.717, 1.165) is 16.8 Å². The van der Waals surface area contributed by atoms with Crippen LogP contribution in [0.25, 0.3) is 5.82 Å². The van der Waals surface area contributed by atoms with Gasteiger partial charge in [-0.05, 0) is 46.6 Å². The lowest BCUT2D eigenvalue weighted by molar-refractivity contribution is -0.116. The Morgan fingerprint density at radius 3 is 2.78 bits per heavy atom. The number of benzene rings is 1. The summed E-state index contributed by atoms with van der Waals surface area (Å²) in [7, 11) is 1.51. The molecule has 4 rings (SSSR count). The first kappa shape index (κ1) is 17.6. The summed E-state index contributed by atoms with van der Waals surface area (Å²) in [5, 5.41) is 15.5. The maximum atomic E-state index is 13.6. The molecule has 27 heavy (non-hydrogen) atoms. The van der Waals surface area contributed by atoms with E-state index in [0.29, 0.717) is 22.0 Å². The summed E-state index contributed by atoms with van der Waals surface area (Å²) in [6.45, 7) is 1.87. The fourth-order valence-electron chi connectivity index (χ4n) is 3.26.